The fraction of sp³-hybridized carbons (Fsp3) is 0.385. The average Bonchev–Trinajstić information content (AvgIpc) is 3.31. The number of nitrogens with one attached hydrogen (secondary N) is 1. The molecule has 0 aliphatic carbocycles. The monoisotopic (exact) mass is 587 g/mol. The first kappa shape index (κ1) is 28.9. The number of ether oxygens (including phenoxy) is 1. The summed E-state index contributed by atoms with van der Waals surface area (Å²) >= 11 is 12.3. The number of aromatic nitrogens is 6. The lowest BCUT2D eigenvalue weighted by molar-refractivity contribution is -0.123. The Kier molecular flexibility index (Phi) is 8.85. The first-order chi connectivity index (χ1) is 18.5. The molecule has 4 aromatic rings. The van der Waals surface area contributed by atoms with Crippen LogP contribution in [0.1, 0.15) is 33.6 Å². The Bertz CT molecular complexity index is 1440. The number of fused-ring (bicyclic) bond motifs is 1. The van der Waals surface area contributed by atoms with E-state index >= 15 is 0 Å². The molecule has 1 N–H and O–H groups in total. The Morgan fingerprint density at radius 1 is 1.10 bits per heavy atom. The molecule has 0 saturated carbocycles. The van der Waals surface area contributed by atoms with Crippen LogP contribution in [0.15, 0.2) is 49.2 Å². The Morgan fingerprint density at radius 3 is 2.59 bits per heavy atom. The molecule has 10 nitrogen and oxygen atoms in total. The van der Waals surface area contributed by atoms with E-state index in [-0.39, 0.29) is 16.8 Å². The van der Waals surface area contributed by atoms with E-state index in [4.69, 9.17) is 32.4 Å². The average molecular weight is 589 g/mol. The number of carbonyl (C=O) groups excluding carboxylic acids is 1. The van der Waals surface area contributed by atoms with Crippen LogP contribution >= 0.6 is 23.2 Å². The SMILES string of the molecule is CC(C)(C)[Si](C)(C)OCCCC(Oc1ncnc2c1cnn2-c1ncccc1Cl)C(=O)Nc1ccc(Cl)cn1. The summed E-state index contributed by atoms with van der Waals surface area (Å²) in [5.41, 5.74) is 0.445. The quantitative estimate of drug-likeness (QED) is 0.175. The third-order valence-electron chi connectivity index (χ3n) is 6.67. The lowest BCUT2D eigenvalue weighted by Crippen LogP contribution is -2.41. The molecule has 0 aliphatic rings. The Morgan fingerprint density at radius 2 is 1.90 bits per heavy atom. The number of amides is 1. The van der Waals surface area contributed by atoms with Crippen LogP contribution in [0, 0.1) is 0 Å². The summed E-state index contributed by atoms with van der Waals surface area (Å²) in [5, 5.41) is 8.67. The van der Waals surface area contributed by atoms with Crippen LogP contribution in [0.3, 0.4) is 0 Å². The zero-order valence-corrected chi connectivity index (χ0v) is 25.0. The molecule has 0 fully saturated rings. The molecule has 1 atom stereocenters. The van der Waals surface area contributed by atoms with Gasteiger partial charge in [0.05, 0.1) is 16.2 Å². The molecule has 13 heteroatoms. The molecule has 0 saturated heterocycles. The van der Waals surface area contributed by atoms with Gasteiger partial charge in [-0.3, -0.25) is 4.79 Å². The second kappa shape index (κ2) is 11.9. The molecule has 0 aromatic carbocycles. The van der Waals surface area contributed by atoms with Gasteiger partial charge in [-0.15, -0.1) is 0 Å². The van der Waals surface area contributed by atoms with Gasteiger partial charge in [0.1, 0.15) is 17.5 Å². The highest BCUT2D eigenvalue weighted by atomic mass is 35.5. The van der Waals surface area contributed by atoms with Crippen molar-refractivity contribution in [1.82, 2.24) is 29.7 Å². The van der Waals surface area contributed by atoms with Gasteiger partial charge in [0.25, 0.3) is 5.91 Å². The van der Waals surface area contributed by atoms with Crippen LogP contribution in [0.25, 0.3) is 16.9 Å². The molecular weight excluding hydrogens is 557 g/mol. The van der Waals surface area contributed by atoms with E-state index in [9.17, 15) is 4.79 Å². The summed E-state index contributed by atoms with van der Waals surface area (Å²) in [6.07, 6.45) is 6.10. The third-order valence-corrected chi connectivity index (χ3v) is 11.7. The second-order valence-electron chi connectivity index (χ2n) is 10.5. The van der Waals surface area contributed by atoms with Crippen molar-refractivity contribution >= 4 is 54.3 Å². The largest absolute Gasteiger partial charge is 0.464 e. The molecule has 1 unspecified atom stereocenters. The van der Waals surface area contributed by atoms with Gasteiger partial charge in [-0.1, -0.05) is 44.0 Å². The van der Waals surface area contributed by atoms with Gasteiger partial charge in [0.15, 0.2) is 25.9 Å². The molecule has 4 heterocycles. The first-order valence-electron chi connectivity index (χ1n) is 12.5. The van der Waals surface area contributed by atoms with E-state index in [1.54, 1.807) is 36.7 Å². The molecule has 0 bridgehead atoms. The van der Waals surface area contributed by atoms with Gasteiger partial charge in [-0.05, 0) is 55.2 Å². The summed E-state index contributed by atoms with van der Waals surface area (Å²) in [6.45, 7) is 11.5. The van der Waals surface area contributed by atoms with Crippen LogP contribution in [0.4, 0.5) is 5.82 Å². The summed E-state index contributed by atoms with van der Waals surface area (Å²) in [5.74, 6) is 0.627. The van der Waals surface area contributed by atoms with Gasteiger partial charge in [-0.2, -0.15) is 9.78 Å². The molecular formula is C26H31Cl2N7O3Si. The Labute approximate surface area is 238 Å². The fourth-order valence-electron chi connectivity index (χ4n) is 3.45. The lowest BCUT2D eigenvalue weighted by Gasteiger charge is -2.36. The second-order valence-corrected chi connectivity index (χ2v) is 16.1. The number of nitrogens with zero attached hydrogens (tertiary/aromatic N) is 6. The van der Waals surface area contributed by atoms with Crippen LogP contribution in [-0.4, -0.2) is 56.7 Å². The maximum atomic E-state index is 13.3. The van der Waals surface area contributed by atoms with Gasteiger partial charge in [0, 0.05) is 19.0 Å². The zero-order valence-electron chi connectivity index (χ0n) is 22.5. The normalized spacial score (nSPS) is 12.9. The molecule has 0 aliphatic heterocycles. The number of rotatable bonds is 10. The number of pyridine rings is 2. The molecule has 39 heavy (non-hydrogen) atoms. The Hall–Kier alpha value is -3.12. The summed E-state index contributed by atoms with van der Waals surface area (Å²) in [7, 11) is -1.93. The van der Waals surface area contributed by atoms with Crippen molar-refractivity contribution < 1.29 is 14.0 Å². The molecule has 0 spiro atoms. The van der Waals surface area contributed by atoms with Crippen molar-refractivity contribution in [3.63, 3.8) is 0 Å². The minimum Gasteiger partial charge on any atom is -0.464 e. The fourth-order valence-corrected chi connectivity index (χ4v) is 4.85. The Balaban J connectivity index is 1.56. The standard InChI is InChI=1S/C26H31Cl2N7O3Si/c1-26(2,3)39(4,5)37-13-7-9-20(24(36)34-21-11-10-17(27)14-30-21)38-25-18-15-33-35(22(18)31-16-32-25)23-19(28)8-6-12-29-23/h6,8,10-12,14-16,20H,7,9,13H2,1-5H3,(H,30,34,36). The minimum atomic E-state index is -1.93. The smallest absolute Gasteiger partial charge is 0.266 e. The minimum absolute atomic E-state index is 0.0871. The van der Waals surface area contributed by atoms with Crippen LogP contribution in [0.2, 0.25) is 28.2 Å². The van der Waals surface area contributed by atoms with E-state index in [2.05, 4.69) is 64.2 Å². The number of halogens is 2. The van der Waals surface area contributed by atoms with Crippen LogP contribution in [0.5, 0.6) is 5.88 Å². The van der Waals surface area contributed by atoms with Crippen molar-refractivity contribution in [3.8, 4) is 11.7 Å². The van der Waals surface area contributed by atoms with Crippen molar-refractivity contribution in [2.75, 3.05) is 11.9 Å². The maximum Gasteiger partial charge on any atom is 0.266 e. The first-order valence-corrected chi connectivity index (χ1v) is 16.2. The van der Waals surface area contributed by atoms with Crippen molar-refractivity contribution in [3.05, 3.63) is 59.2 Å². The number of hydrogen-bond donors (Lipinski definition) is 1. The predicted molar refractivity (Wildman–Crippen MR) is 154 cm³/mol. The van der Waals surface area contributed by atoms with Crippen molar-refractivity contribution in [2.45, 2.75) is 57.8 Å². The highest BCUT2D eigenvalue weighted by Crippen LogP contribution is 2.36. The third kappa shape index (κ3) is 6.91. The van der Waals surface area contributed by atoms with E-state index in [0.29, 0.717) is 52.2 Å². The summed E-state index contributed by atoms with van der Waals surface area (Å²) in [4.78, 5) is 30.4. The summed E-state index contributed by atoms with van der Waals surface area (Å²) < 4.78 is 14.0. The van der Waals surface area contributed by atoms with Crippen LogP contribution < -0.4 is 10.1 Å². The van der Waals surface area contributed by atoms with E-state index in [1.807, 2.05) is 0 Å². The lowest BCUT2D eigenvalue weighted by atomic mass is 10.2. The van der Waals surface area contributed by atoms with Gasteiger partial charge < -0.3 is 14.5 Å². The number of anilines is 1. The topological polar surface area (TPSA) is 117 Å². The summed E-state index contributed by atoms with van der Waals surface area (Å²) in [6, 6.07) is 6.72. The van der Waals surface area contributed by atoms with E-state index in [0.717, 1.165) is 0 Å². The van der Waals surface area contributed by atoms with Gasteiger partial charge in [-0.25, -0.2) is 19.9 Å². The number of carbonyl (C=O) groups is 1. The van der Waals surface area contributed by atoms with Crippen molar-refractivity contribution in [1.29, 1.82) is 0 Å². The molecule has 4 aromatic heterocycles. The van der Waals surface area contributed by atoms with Crippen LogP contribution in [-0.2, 0) is 9.22 Å². The molecule has 1 amide bonds. The van der Waals surface area contributed by atoms with E-state index in [1.165, 1.54) is 17.2 Å². The molecule has 206 valence electrons. The maximum absolute atomic E-state index is 13.3. The molecule has 0 radical (unpaired) electrons. The van der Waals surface area contributed by atoms with Gasteiger partial charge in [0.2, 0.25) is 5.88 Å². The predicted octanol–water partition coefficient (Wildman–Crippen LogP) is 6.10. The van der Waals surface area contributed by atoms with Gasteiger partial charge >= 0.3 is 0 Å². The highest BCUT2D eigenvalue weighted by molar-refractivity contribution is 6.74. The van der Waals surface area contributed by atoms with E-state index < -0.39 is 14.4 Å². The zero-order chi connectivity index (χ0) is 28.2. The molecule has 4 rings (SSSR count). The van der Waals surface area contributed by atoms with Crippen molar-refractivity contribution in [2.24, 2.45) is 0 Å². The highest BCUT2D eigenvalue weighted by Gasteiger charge is 2.37. The number of hydrogen-bond acceptors (Lipinski definition) is 8.